The van der Waals surface area contributed by atoms with Crippen molar-refractivity contribution in [1.82, 2.24) is 15.5 Å². The zero-order valence-electron chi connectivity index (χ0n) is 17.1. The molecule has 32 heavy (non-hydrogen) atoms. The molecular formula is C20H18F5N5O2. The Morgan fingerprint density at radius 2 is 1.78 bits per heavy atom. The Morgan fingerprint density at radius 3 is 2.38 bits per heavy atom. The summed E-state index contributed by atoms with van der Waals surface area (Å²) >= 11 is 0. The zero-order valence-corrected chi connectivity index (χ0v) is 17.1. The number of aliphatic imine (C=N–C) groups is 1. The topological polar surface area (TPSA) is 95.3 Å². The van der Waals surface area contributed by atoms with E-state index in [4.69, 9.17) is 0 Å². The highest BCUT2D eigenvalue weighted by atomic mass is 19.4. The lowest BCUT2D eigenvalue weighted by atomic mass is 10.1. The van der Waals surface area contributed by atoms with Gasteiger partial charge in [0.1, 0.15) is 17.4 Å². The molecule has 0 aliphatic carbocycles. The summed E-state index contributed by atoms with van der Waals surface area (Å²) in [6.07, 6.45) is -4.86. The number of halogens is 5. The third-order valence-electron chi connectivity index (χ3n) is 3.97. The van der Waals surface area contributed by atoms with Crippen molar-refractivity contribution >= 4 is 17.7 Å². The first-order valence-corrected chi connectivity index (χ1v) is 9.28. The number of amides is 1. The predicted octanol–water partition coefficient (Wildman–Crippen LogP) is 4.88. The van der Waals surface area contributed by atoms with Crippen LogP contribution in [0.15, 0.2) is 39.7 Å². The van der Waals surface area contributed by atoms with E-state index in [1.807, 2.05) is 0 Å². The highest BCUT2D eigenvalue weighted by Gasteiger charge is 2.40. The fourth-order valence-electron chi connectivity index (χ4n) is 2.79. The average molecular weight is 455 g/mol. The van der Waals surface area contributed by atoms with E-state index in [1.165, 1.54) is 13.0 Å². The van der Waals surface area contributed by atoms with E-state index in [0.717, 1.165) is 24.3 Å². The van der Waals surface area contributed by atoms with E-state index in [2.05, 4.69) is 30.2 Å². The normalized spacial score (nSPS) is 12.3. The third-order valence-corrected chi connectivity index (χ3v) is 3.97. The minimum atomic E-state index is -4.86. The molecule has 3 rings (SSSR count). The number of hydrogen-bond acceptors (Lipinski definition) is 4. The highest BCUT2D eigenvalue weighted by molar-refractivity contribution is 6.10. The van der Waals surface area contributed by atoms with Crippen LogP contribution in [0.3, 0.4) is 0 Å². The van der Waals surface area contributed by atoms with Gasteiger partial charge in [0, 0.05) is 23.7 Å². The number of aryl methyl sites for hydroxylation is 1. The van der Waals surface area contributed by atoms with Gasteiger partial charge in [0.25, 0.3) is 5.91 Å². The average Bonchev–Trinajstić information content (AvgIpc) is 3.26. The lowest BCUT2D eigenvalue weighted by Gasteiger charge is -2.11. The second kappa shape index (κ2) is 8.81. The molecule has 0 aliphatic rings. The second-order valence-corrected chi connectivity index (χ2v) is 7.07. The predicted molar refractivity (Wildman–Crippen MR) is 106 cm³/mol. The van der Waals surface area contributed by atoms with Gasteiger partial charge in [-0.2, -0.15) is 18.3 Å². The molecule has 0 saturated heterocycles. The summed E-state index contributed by atoms with van der Waals surface area (Å²) in [5.74, 6) is -4.25. The standard InChI is InChI=1S/C20H18F5N5O2/c1-9(2)26-19(28-18(31)14-4-10(3)32-17(14)20(23,24)25)27-16-8-15(29-30-16)11-5-12(21)7-13(22)6-11/h4-9H,1-3H3,(H3,26,27,28,29,30,31). The van der Waals surface area contributed by atoms with E-state index >= 15 is 0 Å². The van der Waals surface area contributed by atoms with Gasteiger partial charge in [-0.3, -0.25) is 15.2 Å². The molecule has 0 fully saturated rings. The number of H-pyrrole nitrogens is 1. The molecule has 0 bridgehead atoms. The number of guanidine groups is 1. The first-order valence-electron chi connectivity index (χ1n) is 9.28. The summed E-state index contributed by atoms with van der Waals surface area (Å²) in [6.45, 7) is 4.65. The number of anilines is 1. The van der Waals surface area contributed by atoms with Crippen molar-refractivity contribution in [3.05, 3.63) is 59.1 Å². The minimum Gasteiger partial charge on any atom is -0.456 e. The Balaban J connectivity index is 1.84. The van der Waals surface area contributed by atoms with Crippen LogP contribution in [0.25, 0.3) is 11.3 Å². The number of benzene rings is 1. The number of rotatable bonds is 4. The van der Waals surface area contributed by atoms with Crippen LogP contribution in [0.1, 0.15) is 35.7 Å². The van der Waals surface area contributed by atoms with Gasteiger partial charge >= 0.3 is 6.18 Å². The molecule has 7 nitrogen and oxygen atoms in total. The van der Waals surface area contributed by atoms with Gasteiger partial charge in [0.2, 0.25) is 11.7 Å². The number of alkyl halides is 3. The quantitative estimate of drug-likeness (QED) is 0.297. The maximum atomic E-state index is 13.5. The monoisotopic (exact) mass is 455 g/mol. The molecule has 0 atom stereocenters. The summed E-state index contributed by atoms with van der Waals surface area (Å²) in [5, 5.41) is 11.4. The number of aromatic amines is 1. The number of hydrogen-bond donors (Lipinski definition) is 3. The smallest absolute Gasteiger partial charge is 0.450 e. The first-order chi connectivity index (χ1) is 14.9. The third kappa shape index (κ3) is 5.50. The van der Waals surface area contributed by atoms with Crippen molar-refractivity contribution in [2.24, 2.45) is 4.99 Å². The first kappa shape index (κ1) is 23.0. The van der Waals surface area contributed by atoms with Crippen molar-refractivity contribution in [3.8, 4) is 11.3 Å². The van der Waals surface area contributed by atoms with Gasteiger partial charge < -0.3 is 9.73 Å². The van der Waals surface area contributed by atoms with Gasteiger partial charge in [0.15, 0.2) is 5.82 Å². The molecule has 0 unspecified atom stereocenters. The van der Waals surface area contributed by atoms with Crippen LogP contribution >= 0.6 is 0 Å². The number of nitrogens with zero attached hydrogens (tertiary/aromatic N) is 2. The van der Waals surface area contributed by atoms with Crippen LogP contribution in [0.2, 0.25) is 0 Å². The van der Waals surface area contributed by atoms with Crippen LogP contribution in [-0.2, 0) is 6.18 Å². The van der Waals surface area contributed by atoms with Gasteiger partial charge in [-0.05, 0) is 39.0 Å². The number of carbonyl (C=O) groups excluding carboxylic acids is 1. The molecule has 0 saturated carbocycles. The SMILES string of the molecule is Cc1cc(C(=O)NC(=NC(C)C)Nc2cc(-c3cc(F)cc(F)c3)[nH]n2)c(C(F)(F)F)o1. The van der Waals surface area contributed by atoms with E-state index < -0.39 is 35.0 Å². The molecule has 3 aromatic rings. The van der Waals surface area contributed by atoms with Gasteiger partial charge in [-0.25, -0.2) is 13.8 Å². The van der Waals surface area contributed by atoms with E-state index in [-0.39, 0.29) is 34.8 Å². The van der Waals surface area contributed by atoms with Crippen molar-refractivity contribution in [2.75, 3.05) is 5.32 Å². The summed E-state index contributed by atoms with van der Waals surface area (Å²) < 4.78 is 71.0. The van der Waals surface area contributed by atoms with Crippen LogP contribution in [0.5, 0.6) is 0 Å². The summed E-state index contributed by atoms with van der Waals surface area (Å²) in [6, 6.07) is 4.91. The van der Waals surface area contributed by atoms with Gasteiger partial charge in [0.05, 0.1) is 11.3 Å². The second-order valence-electron chi connectivity index (χ2n) is 7.07. The maximum Gasteiger partial charge on any atom is 0.450 e. The molecule has 2 aromatic heterocycles. The van der Waals surface area contributed by atoms with E-state index in [9.17, 15) is 26.7 Å². The molecule has 0 aliphatic heterocycles. The fourth-order valence-corrected chi connectivity index (χ4v) is 2.79. The van der Waals surface area contributed by atoms with Crippen LogP contribution in [0, 0.1) is 18.6 Å². The maximum absolute atomic E-state index is 13.5. The number of aromatic nitrogens is 2. The molecule has 0 radical (unpaired) electrons. The number of carbonyl (C=O) groups is 1. The summed E-state index contributed by atoms with van der Waals surface area (Å²) in [7, 11) is 0. The highest BCUT2D eigenvalue weighted by Crippen LogP contribution is 2.34. The Morgan fingerprint density at radius 1 is 1.12 bits per heavy atom. The number of nitrogens with one attached hydrogen (secondary N) is 3. The van der Waals surface area contributed by atoms with Gasteiger partial charge in [-0.15, -0.1) is 0 Å². The molecule has 2 heterocycles. The van der Waals surface area contributed by atoms with Crippen molar-refractivity contribution < 1.29 is 31.2 Å². The van der Waals surface area contributed by atoms with E-state index in [0.29, 0.717) is 0 Å². The van der Waals surface area contributed by atoms with Crippen molar-refractivity contribution in [3.63, 3.8) is 0 Å². The number of furan rings is 1. The lowest BCUT2D eigenvalue weighted by Crippen LogP contribution is -2.37. The van der Waals surface area contributed by atoms with Crippen LogP contribution in [0.4, 0.5) is 27.8 Å². The molecular weight excluding hydrogens is 437 g/mol. The fraction of sp³-hybridized carbons (Fsp3) is 0.250. The molecule has 1 amide bonds. The summed E-state index contributed by atoms with van der Waals surface area (Å²) in [5.41, 5.74) is -0.268. The van der Waals surface area contributed by atoms with Gasteiger partial charge in [-0.1, -0.05) is 0 Å². The van der Waals surface area contributed by atoms with Crippen LogP contribution < -0.4 is 10.6 Å². The Kier molecular flexibility index (Phi) is 6.32. The Labute approximate surface area is 178 Å². The molecule has 0 spiro atoms. The van der Waals surface area contributed by atoms with Crippen molar-refractivity contribution in [1.29, 1.82) is 0 Å². The molecule has 12 heteroatoms. The molecule has 1 aromatic carbocycles. The lowest BCUT2D eigenvalue weighted by molar-refractivity contribution is -0.153. The van der Waals surface area contributed by atoms with Crippen molar-refractivity contribution in [2.45, 2.75) is 33.0 Å². The Bertz CT molecular complexity index is 1140. The zero-order chi connectivity index (χ0) is 23.6. The largest absolute Gasteiger partial charge is 0.456 e. The molecule has 3 N–H and O–H groups in total. The van der Waals surface area contributed by atoms with E-state index in [1.54, 1.807) is 13.8 Å². The minimum absolute atomic E-state index is 0.0861. The summed E-state index contributed by atoms with van der Waals surface area (Å²) in [4.78, 5) is 16.6. The molecule has 170 valence electrons. The Hall–Kier alpha value is -3.70. The van der Waals surface area contributed by atoms with Crippen LogP contribution in [-0.4, -0.2) is 28.1 Å².